The van der Waals surface area contributed by atoms with Crippen LogP contribution < -0.4 is 16.4 Å². The van der Waals surface area contributed by atoms with Crippen molar-refractivity contribution in [1.82, 2.24) is 4.98 Å². The zero-order chi connectivity index (χ0) is 14.7. The number of hydrogen-bond acceptors (Lipinski definition) is 4. The number of nitrogen functional groups attached to an aromatic ring is 1. The lowest BCUT2D eigenvalue weighted by atomic mass is 10.1. The number of rotatable bonds is 4. The Kier molecular flexibility index (Phi) is 3.89. The number of amides is 1. The van der Waals surface area contributed by atoms with Gasteiger partial charge in [-0.2, -0.15) is 0 Å². The monoisotopic (exact) mass is 270 g/mol. The first-order chi connectivity index (χ1) is 9.49. The third-order valence-electron chi connectivity index (χ3n) is 3.15. The summed E-state index contributed by atoms with van der Waals surface area (Å²) < 4.78 is 0. The summed E-state index contributed by atoms with van der Waals surface area (Å²) in [4.78, 5) is 17.8. The highest BCUT2D eigenvalue weighted by molar-refractivity contribution is 5.99. The molecule has 0 bridgehead atoms. The van der Waals surface area contributed by atoms with Crippen LogP contribution in [0, 0.1) is 6.92 Å². The average Bonchev–Trinajstić information content (AvgIpc) is 2.40. The Bertz CT molecular complexity index is 622. The van der Waals surface area contributed by atoms with Gasteiger partial charge in [-0.05, 0) is 36.2 Å². The van der Waals surface area contributed by atoms with E-state index in [1.54, 1.807) is 12.3 Å². The molecule has 2 aromatic rings. The van der Waals surface area contributed by atoms with Crippen molar-refractivity contribution in [3.8, 4) is 0 Å². The lowest BCUT2D eigenvalue weighted by Crippen LogP contribution is -2.24. The van der Waals surface area contributed by atoms with Gasteiger partial charge >= 0.3 is 0 Å². The van der Waals surface area contributed by atoms with Gasteiger partial charge in [-0.15, -0.1) is 0 Å². The van der Waals surface area contributed by atoms with Gasteiger partial charge < -0.3 is 16.4 Å². The summed E-state index contributed by atoms with van der Waals surface area (Å²) in [6, 6.07) is 9.38. The Balaban J connectivity index is 2.29. The molecule has 1 heterocycles. The Morgan fingerprint density at radius 3 is 2.50 bits per heavy atom. The van der Waals surface area contributed by atoms with Gasteiger partial charge in [0.2, 0.25) is 0 Å². The second-order valence-electron chi connectivity index (χ2n) is 4.79. The summed E-state index contributed by atoms with van der Waals surface area (Å²) in [5.74, 6) is 0.129. The highest BCUT2D eigenvalue weighted by Gasteiger charge is 2.16. The maximum absolute atomic E-state index is 11.6. The van der Waals surface area contributed by atoms with Crippen molar-refractivity contribution >= 4 is 17.4 Å². The SMILES string of the molecule is Cc1ccnc(N(C)Cc2ccc(N)cc2)c1C(N)=O. The van der Waals surface area contributed by atoms with Crippen molar-refractivity contribution in [3.05, 3.63) is 53.2 Å². The molecule has 0 fully saturated rings. The van der Waals surface area contributed by atoms with Gasteiger partial charge in [0.05, 0.1) is 5.56 Å². The number of hydrogen-bond donors (Lipinski definition) is 2. The van der Waals surface area contributed by atoms with E-state index in [0.29, 0.717) is 17.9 Å². The lowest BCUT2D eigenvalue weighted by molar-refractivity contribution is 0.1000. The van der Waals surface area contributed by atoms with Crippen molar-refractivity contribution in [2.24, 2.45) is 5.73 Å². The average molecular weight is 270 g/mol. The van der Waals surface area contributed by atoms with Crippen LogP contribution in [0.4, 0.5) is 11.5 Å². The molecule has 0 aliphatic carbocycles. The molecule has 0 unspecified atom stereocenters. The lowest BCUT2D eigenvalue weighted by Gasteiger charge is -2.21. The molecule has 0 atom stereocenters. The van der Waals surface area contributed by atoms with Crippen molar-refractivity contribution in [3.63, 3.8) is 0 Å². The van der Waals surface area contributed by atoms with Crippen LogP contribution in [0.5, 0.6) is 0 Å². The van der Waals surface area contributed by atoms with Crippen LogP contribution in [0.1, 0.15) is 21.5 Å². The van der Waals surface area contributed by atoms with Gasteiger partial charge in [0, 0.05) is 25.5 Å². The van der Waals surface area contributed by atoms with E-state index in [4.69, 9.17) is 11.5 Å². The van der Waals surface area contributed by atoms with Crippen LogP contribution in [0.2, 0.25) is 0 Å². The van der Waals surface area contributed by atoms with Crippen molar-refractivity contribution in [1.29, 1.82) is 0 Å². The maximum atomic E-state index is 11.6. The molecule has 0 spiro atoms. The topological polar surface area (TPSA) is 85.2 Å². The van der Waals surface area contributed by atoms with Gasteiger partial charge in [-0.3, -0.25) is 4.79 Å². The zero-order valence-electron chi connectivity index (χ0n) is 11.6. The molecule has 4 N–H and O–H groups in total. The summed E-state index contributed by atoms with van der Waals surface area (Å²) in [6.07, 6.45) is 1.68. The predicted molar refractivity (Wildman–Crippen MR) is 80.5 cm³/mol. The van der Waals surface area contributed by atoms with Crippen molar-refractivity contribution in [2.75, 3.05) is 17.7 Å². The van der Waals surface area contributed by atoms with Crippen LogP contribution in [-0.2, 0) is 6.54 Å². The molecule has 1 aromatic heterocycles. The second kappa shape index (κ2) is 5.61. The molecular weight excluding hydrogens is 252 g/mol. The molecule has 1 aromatic carbocycles. The minimum atomic E-state index is -0.463. The maximum Gasteiger partial charge on any atom is 0.252 e. The third-order valence-corrected chi connectivity index (χ3v) is 3.15. The van der Waals surface area contributed by atoms with E-state index in [-0.39, 0.29) is 0 Å². The Morgan fingerprint density at radius 1 is 1.25 bits per heavy atom. The number of anilines is 2. The molecule has 0 saturated carbocycles. The molecule has 5 heteroatoms. The molecule has 104 valence electrons. The van der Waals surface area contributed by atoms with Gasteiger partial charge in [0.25, 0.3) is 5.91 Å². The fraction of sp³-hybridized carbons (Fsp3) is 0.200. The molecule has 5 nitrogen and oxygen atoms in total. The first-order valence-electron chi connectivity index (χ1n) is 6.30. The number of carbonyl (C=O) groups is 1. The number of carbonyl (C=O) groups excluding carboxylic acids is 1. The number of aromatic nitrogens is 1. The Morgan fingerprint density at radius 2 is 1.90 bits per heavy atom. The summed E-state index contributed by atoms with van der Waals surface area (Å²) >= 11 is 0. The molecule has 0 saturated heterocycles. The van der Waals surface area contributed by atoms with E-state index in [9.17, 15) is 4.79 Å². The van der Waals surface area contributed by atoms with E-state index in [1.807, 2.05) is 43.1 Å². The van der Waals surface area contributed by atoms with Crippen molar-refractivity contribution < 1.29 is 4.79 Å². The summed E-state index contributed by atoms with van der Waals surface area (Å²) in [7, 11) is 1.88. The van der Waals surface area contributed by atoms with Gasteiger partial charge in [-0.25, -0.2) is 4.98 Å². The molecule has 2 rings (SSSR count). The quantitative estimate of drug-likeness (QED) is 0.828. The standard InChI is InChI=1S/C15H18N4O/c1-10-7-8-18-15(13(10)14(17)20)19(2)9-11-3-5-12(16)6-4-11/h3-8H,9,16H2,1-2H3,(H2,17,20). The van der Waals surface area contributed by atoms with E-state index >= 15 is 0 Å². The van der Waals surface area contributed by atoms with Crippen LogP contribution in [0.25, 0.3) is 0 Å². The highest BCUT2D eigenvalue weighted by atomic mass is 16.1. The highest BCUT2D eigenvalue weighted by Crippen LogP contribution is 2.21. The first kappa shape index (κ1) is 13.9. The number of primary amides is 1. The zero-order valence-corrected chi connectivity index (χ0v) is 11.6. The van der Waals surface area contributed by atoms with E-state index in [1.165, 1.54) is 0 Å². The molecular formula is C15H18N4O. The molecule has 0 aliphatic heterocycles. The van der Waals surface area contributed by atoms with Crippen molar-refractivity contribution in [2.45, 2.75) is 13.5 Å². The predicted octanol–water partition coefficient (Wildman–Crippen LogP) is 1.71. The largest absolute Gasteiger partial charge is 0.399 e. The van der Waals surface area contributed by atoms with E-state index in [2.05, 4.69) is 4.98 Å². The minimum Gasteiger partial charge on any atom is -0.399 e. The number of nitrogens with two attached hydrogens (primary N) is 2. The summed E-state index contributed by atoms with van der Waals surface area (Å²) in [5.41, 5.74) is 14.2. The molecule has 1 amide bonds. The minimum absolute atomic E-state index is 0.463. The van der Waals surface area contributed by atoms with Crippen LogP contribution >= 0.6 is 0 Å². The summed E-state index contributed by atoms with van der Waals surface area (Å²) in [5, 5.41) is 0. The smallest absolute Gasteiger partial charge is 0.252 e. The fourth-order valence-electron chi connectivity index (χ4n) is 2.11. The first-order valence-corrected chi connectivity index (χ1v) is 6.30. The van der Waals surface area contributed by atoms with Gasteiger partial charge in [0.1, 0.15) is 5.82 Å². The van der Waals surface area contributed by atoms with Gasteiger partial charge in [0.15, 0.2) is 0 Å². The summed E-state index contributed by atoms with van der Waals surface area (Å²) in [6.45, 7) is 2.47. The molecule has 0 radical (unpaired) electrons. The fourth-order valence-corrected chi connectivity index (χ4v) is 2.11. The van der Waals surface area contributed by atoms with Crippen LogP contribution in [0.15, 0.2) is 36.5 Å². The molecule has 0 aliphatic rings. The van der Waals surface area contributed by atoms with Gasteiger partial charge in [-0.1, -0.05) is 12.1 Å². The molecule has 20 heavy (non-hydrogen) atoms. The number of nitrogens with zero attached hydrogens (tertiary/aromatic N) is 2. The number of aryl methyl sites for hydroxylation is 1. The Hall–Kier alpha value is -2.56. The van der Waals surface area contributed by atoms with Crippen LogP contribution in [-0.4, -0.2) is 17.9 Å². The Labute approximate surface area is 118 Å². The normalized spacial score (nSPS) is 10.3. The van der Waals surface area contributed by atoms with E-state index in [0.717, 1.165) is 16.8 Å². The van der Waals surface area contributed by atoms with Crippen LogP contribution in [0.3, 0.4) is 0 Å². The van der Waals surface area contributed by atoms with E-state index < -0.39 is 5.91 Å². The third kappa shape index (κ3) is 2.88. The second-order valence-corrected chi connectivity index (χ2v) is 4.79. The number of benzene rings is 1. The number of pyridine rings is 1.